The number of halogens is 2. The summed E-state index contributed by atoms with van der Waals surface area (Å²) in [6.07, 6.45) is 3.76. The van der Waals surface area contributed by atoms with Gasteiger partial charge in [-0.1, -0.05) is 11.6 Å². The zero-order valence-corrected chi connectivity index (χ0v) is 18.1. The first kappa shape index (κ1) is 20.5. The molecule has 2 heterocycles. The highest BCUT2D eigenvalue weighted by atomic mass is 127. The lowest BCUT2D eigenvalue weighted by Gasteiger charge is -2.37. The Kier molecular flexibility index (Phi) is 6.74. The molecule has 5 heteroatoms. The average Bonchev–Trinajstić information content (AvgIpc) is 2.84. The van der Waals surface area contributed by atoms with Crippen LogP contribution in [0.5, 0.6) is 0 Å². The Bertz CT molecular complexity index is 746. The van der Waals surface area contributed by atoms with Crippen LogP contribution in [0.15, 0.2) is 30.3 Å². The molecule has 1 aliphatic heterocycles. The molecule has 0 aliphatic carbocycles. The molecule has 0 bridgehead atoms. The maximum absolute atomic E-state index is 12.9. The Hall–Kier alpha value is -0.850. The number of likely N-dealkylation sites (N-methyl/N-ethyl adjacent to an activating group) is 1. The standard InChI is InChI=1S/C20H26ClN2O.HI/c1-15-13-19(20(24)14-23(3)11-5-4-6-12-23)16(2)22(15)18-9-7-17(21)8-10-18;/h7-10,13H,4-6,11-12,14H2,1-3H3;1H/q+1;/p-1. The summed E-state index contributed by atoms with van der Waals surface area (Å²) in [4.78, 5) is 12.9. The molecule has 1 aliphatic rings. The summed E-state index contributed by atoms with van der Waals surface area (Å²) in [5, 5.41) is 0.722. The molecule has 1 fully saturated rings. The van der Waals surface area contributed by atoms with E-state index >= 15 is 0 Å². The van der Waals surface area contributed by atoms with Gasteiger partial charge in [-0.15, -0.1) is 0 Å². The largest absolute Gasteiger partial charge is 1.00 e. The number of rotatable bonds is 4. The summed E-state index contributed by atoms with van der Waals surface area (Å²) in [6.45, 7) is 6.91. The Morgan fingerprint density at radius 1 is 1.12 bits per heavy atom. The first-order valence-corrected chi connectivity index (χ1v) is 9.09. The second-order valence-corrected chi connectivity index (χ2v) is 7.74. The van der Waals surface area contributed by atoms with Crippen molar-refractivity contribution < 1.29 is 33.3 Å². The number of carbonyl (C=O) groups is 1. The molecule has 0 spiro atoms. The fourth-order valence-electron chi connectivity index (χ4n) is 3.90. The number of likely N-dealkylation sites (tertiary alicyclic amines) is 1. The van der Waals surface area contributed by atoms with Gasteiger partial charge in [-0.05, 0) is 63.4 Å². The number of nitrogens with zero attached hydrogens (tertiary/aromatic N) is 2. The number of carbonyl (C=O) groups excluding carboxylic acids is 1. The first-order chi connectivity index (χ1) is 11.4. The van der Waals surface area contributed by atoms with Gasteiger partial charge in [-0.2, -0.15) is 0 Å². The van der Waals surface area contributed by atoms with Crippen molar-refractivity contribution in [1.82, 2.24) is 4.57 Å². The van der Waals surface area contributed by atoms with E-state index in [1.807, 2.05) is 37.3 Å². The Labute approximate surface area is 172 Å². The number of Topliss-reactive ketones (excluding diaryl/α,β-unsaturated/α-hetero) is 1. The number of aromatic nitrogens is 1. The number of hydrogen-bond acceptors (Lipinski definition) is 1. The molecule has 1 aromatic carbocycles. The Morgan fingerprint density at radius 3 is 2.32 bits per heavy atom. The van der Waals surface area contributed by atoms with Gasteiger partial charge in [0.1, 0.15) is 6.54 Å². The lowest BCUT2D eigenvalue weighted by Crippen LogP contribution is -3.00. The smallest absolute Gasteiger partial charge is 0.218 e. The van der Waals surface area contributed by atoms with Crippen LogP contribution >= 0.6 is 11.6 Å². The minimum Gasteiger partial charge on any atom is -1.00 e. The number of quaternary nitrogens is 1. The van der Waals surface area contributed by atoms with Crippen molar-refractivity contribution in [3.63, 3.8) is 0 Å². The highest BCUT2D eigenvalue weighted by Crippen LogP contribution is 2.24. The fourth-order valence-corrected chi connectivity index (χ4v) is 4.02. The maximum Gasteiger partial charge on any atom is 0.218 e. The highest BCUT2D eigenvalue weighted by Gasteiger charge is 2.29. The molecule has 2 aromatic rings. The third-order valence-electron chi connectivity index (χ3n) is 5.24. The van der Waals surface area contributed by atoms with E-state index in [0.29, 0.717) is 6.54 Å². The van der Waals surface area contributed by atoms with Crippen molar-refractivity contribution in [3.05, 3.63) is 52.3 Å². The predicted molar refractivity (Wildman–Crippen MR) is 99.2 cm³/mol. The van der Waals surface area contributed by atoms with Gasteiger partial charge in [0, 0.05) is 27.7 Å². The van der Waals surface area contributed by atoms with E-state index in [1.165, 1.54) is 19.3 Å². The van der Waals surface area contributed by atoms with Gasteiger partial charge in [-0.25, -0.2) is 0 Å². The normalized spacial score (nSPS) is 16.3. The van der Waals surface area contributed by atoms with Gasteiger partial charge >= 0.3 is 0 Å². The summed E-state index contributed by atoms with van der Waals surface area (Å²) in [7, 11) is 2.22. The molecule has 0 atom stereocenters. The quantitative estimate of drug-likeness (QED) is 0.376. The van der Waals surface area contributed by atoms with Crippen LogP contribution in [0, 0.1) is 13.8 Å². The Morgan fingerprint density at radius 2 is 1.72 bits per heavy atom. The molecule has 0 saturated carbocycles. The van der Waals surface area contributed by atoms with Crippen LogP contribution < -0.4 is 24.0 Å². The third kappa shape index (κ3) is 4.47. The van der Waals surface area contributed by atoms with Crippen molar-refractivity contribution in [1.29, 1.82) is 0 Å². The second-order valence-electron chi connectivity index (χ2n) is 7.31. The number of hydrogen-bond donors (Lipinski definition) is 0. The maximum atomic E-state index is 12.9. The van der Waals surface area contributed by atoms with Crippen LogP contribution in [0.25, 0.3) is 5.69 Å². The second kappa shape index (κ2) is 8.23. The van der Waals surface area contributed by atoms with Crippen molar-refractivity contribution in [2.75, 3.05) is 26.7 Å². The molecule has 3 rings (SSSR count). The summed E-state index contributed by atoms with van der Waals surface area (Å²) in [6, 6.07) is 9.79. The van der Waals surface area contributed by atoms with Crippen LogP contribution in [-0.2, 0) is 0 Å². The Balaban J connectivity index is 0.00000225. The minimum absolute atomic E-state index is 0. The SMILES string of the molecule is Cc1cc(C(=O)C[N+]2(C)CCCCC2)c(C)n1-c1ccc(Cl)cc1.[I-]. The molecular formula is C20H26ClIN2O. The molecule has 0 radical (unpaired) electrons. The zero-order valence-electron chi connectivity index (χ0n) is 15.2. The highest BCUT2D eigenvalue weighted by molar-refractivity contribution is 6.30. The third-order valence-corrected chi connectivity index (χ3v) is 5.49. The van der Waals surface area contributed by atoms with Crippen LogP contribution in [0.1, 0.15) is 41.0 Å². The van der Waals surface area contributed by atoms with E-state index in [-0.39, 0.29) is 29.8 Å². The van der Waals surface area contributed by atoms with Crippen molar-refractivity contribution in [2.45, 2.75) is 33.1 Å². The predicted octanol–water partition coefficient (Wildman–Crippen LogP) is 1.56. The van der Waals surface area contributed by atoms with E-state index in [4.69, 9.17) is 11.6 Å². The summed E-state index contributed by atoms with van der Waals surface area (Å²) in [5.74, 6) is 0.257. The molecule has 3 nitrogen and oxygen atoms in total. The first-order valence-electron chi connectivity index (χ1n) is 8.71. The van der Waals surface area contributed by atoms with E-state index < -0.39 is 0 Å². The van der Waals surface area contributed by atoms with Gasteiger partial charge in [0.15, 0.2) is 0 Å². The van der Waals surface area contributed by atoms with Gasteiger partial charge < -0.3 is 33.0 Å². The van der Waals surface area contributed by atoms with Crippen LogP contribution in [0.2, 0.25) is 5.02 Å². The monoisotopic (exact) mass is 472 g/mol. The van der Waals surface area contributed by atoms with E-state index in [9.17, 15) is 4.79 Å². The topological polar surface area (TPSA) is 22.0 Å². The van der Waals surface area contributed by atoms with E-state index in [1.54, 1.807) is 0 Å². The summed E-state index contributed by atoms with van der Waals surface area (Å²) >= 11 is 5.99. The van der Waals surface area contributed by atoms with Gasteiger partial charge in [0.25, 0.3) is 0 Å². The van der Waals surface area contributed by atoms with E-state index in [0.717, 1.165) is 45.2 Å². The molecule has 0 N–H and O–H groups in total. The van der Waals surface area contributed by atoms with Crippen molar-refractivity contribution >= 4 is 17.4 Å². The lowest BCUT2D eigenvalue weighted by molar-refractivity contribution is -0.906. The van der Waals surface area contributed by atoms with Gasteiger partial charge in [-0.3, -0.25) is 4.79 Å². The van der Waals surface area contributed by atoms with Crippen LogP contribution in [-0.4, -0.2) is 41.5 Å². The van der Waals surface area contributed by atoms with Gasteiger partial charge in [0.2, 0.25) is 5.78 Å². The zero-order chi connectivity index (χ0) is 17.3. The molecule has 1 saturated heterocycles. The van der Waals surface area contributed by atoms with Gasteiger partial charge in [0.05, 0.1) is 20.1 Å². The molecule has 1 aromatic heterocycles. The summed E-state index contributed by atoms with van der Waals surface area (Å²) in [5.41, 5.74) is 4.00. The molecule has 136 valence electrons. The minimum atomic E-state index is 0. The number of piperidine rings is 1. The van der Waals surface area contributed by atoms with Crippen LogP contribution in [0.3, 0.4) is 0 Å². The number of aryl methyl sites for hydroxylation is 1. The lowest BCUT2D eigenvalue weighted by atomic mass is 10.1. The molecule has 25 heavy (non-hydrogen) atoms. The number of benzene rings is 1. The fraction of sp³-hybridized carbons (Fsp3) is 0.450. The number of ketones is 1. The average molecular weight is 473 g/mol. The van der Waals surface area contributed by atoms with Crippen molar-refractivity contribution in [3.8, 4) is 5.69 Å². The molecule has 0 unspecified atom stereocenters. The summed E-state index contributed by atoms with van der Waals surface area (Å²) < 4.78 is 3.02. The van der Waals surface area contributed by atoms with Crippen LogP contribution in [0.4, 0.5) is 0 Å². The van der Waals surface area contributed by atoms with Crippen molar-refractivity contribution in [2.24, 2.45) is 0 Å². The molecule has 0 amide bonds. The van der Waals surface area contributed by atoms with E-state index in [2.05, 4.69) is 18.5 Å². The molecular weight excluding hydrogens is 447 g/mol.